The summed E-state index contributed by atoms with van der Waals surface area (Å²) in [5, 5.41) is 35.1. The third-order valence-corrected chi connectivity index (χ3v) is 6.68. The zero-order valence-corrected chi connectivity index (χ0v) is 17.0. The number of nitro groups is 2. The Hall–Kier alpha value is -3.13. The van der Waals surface area contributed by atoms with Crippen LogP contribution < -0.4 is 5.32 Å². The number of aliphatic hydroxyl groups excluding tert-OH is 1. The normalized spacial score (nSPS) is 15.9. The summed E-state index contributed by atoms with van der Waals surface area (Å²) < 4.78 is 32.5. The van der Waals surface area contributed by atoms with Crippen LogP contribution in [0.2, 0.25) is 0 Å². The van der Waals surface area contributed by atoms with Gasteiger partial charge in [-0.25, -0.2) is 8.42 Å². The van der Waals surface area contributed by atoms with Gasteiger partial charge in [-0.15, -0.1) is 0 Å². The molecule has 1 saturated heterocycles. The SMILES string of the molecule is O=[N+]([O-])c1ccc(C(O)CNc2ccc([N+](=O)[O-])cc2S(=O)(=O)N2CCOCC2)cc1. The van der Waals surface area contributed by atoms with E-state index in [1.807, 2.05) is 0 Å². The number of morpholine rings is 1. The lowest BCUT2D eigenvalue weighted by Gasteiger charge is -2.27. The Bertz CT molecular complexity index is 1070. The molecule has 0 bridgehead atoms. The van der Waals surface area contributed by atoms with Crippen molar-refractivity contribution >= 4 is 27.1 Å². The van der Waals surface area contributed by atoms with E-state index in [-0.39, 0.29) is 54.8 Å². The number of benzene rings is 2. The highest BCUT2D eigenvalue weighted by Crippen LogP contribution is 2.30. The van der Waals surface area contributed by atoms with Crippen LogP contribution in [0.25, 0.3) is 0 Å². The largest absolute Gasteiger partial charge is 0.387 e. The first-order chi connectivity index (χ1) is 14.7. The molecule has 3 rings (SSSR count). The van der Waals surface area contributed by atoms with Crippen LogP contribution >= 0.6 is 0 Å². The summed E-state index contributed by atoms with van der Waals surface area (Å²) in [7, 11) is -4.05. The van der Waals surface area contributed by atoms with Gasteiger partial charge in [-0.2, -0.15) is 4.31 Å². The van der Waals surface area contributed by atoms with Crippen LogP contribution in [0.3, 0.4) is 0 Å². The molecule has 12 nitrogen and oxygen atoms in total. The van der Waals surface area contributed by atoms with Crippen LogP contribution in [0.1, 0.15) is 11.7 Å². The topological polar surface area (TPSA) is 165 Å². The maximum Gasteiger partial charge on any atom is 0.270 e. The van der Waals surface area contributed by atoms with Gasteiger partial charge in [-0.1, -0.05) is 0 Å². The van der Waals surface area contributed by atoms with Gasteiger partial charge in [0.05, 0.1) is 34.9 Å². The maximum absolute atomic E-state index is 13.1. The number of sulfonamides is 1. The lowest BCUT2D eigenvalue weighted by atomic mass is 10.1. The molecule has 2 aromatic carbocycles. The van der Waals surface area contributed by atoms with Crippen molar-refractivity contribution in [1.29, 1.82) is 0 Å². The number of nitrogens with zero attached hydrogens (tertiary/aromatic N) is 3. The van der Waals surface area contributed by atoms with E-state index in [2.05, 4.69) is 5.32 Å². The number of nitro benzene ring substituents is 2. The predicted octanol–water partition coefficient (Wildman–Crippen LogP) is 1.67. The number of aliphatic hydroxyl groups is 1. The summed E-state index contributed by atoms with van der Waals surface area (Å²) in [6.07, 6.45) is -1.10. The lowest BCUT2D eigenvalue weighted by molar-refractivity contribution is -0.385. The quantitative estimate of drug-likeness (QED) is 0.447. The Kier molecular flexibility index (Phi) is 6.80. The van der Waals surface area contributed by atoms with E-state index in [0.717, 1.165) is 6.07 Å². The molecule has 1 fully saturated rings. The second kappa shape index (κ2) is 9.34. The molecule has 13 heteroatoms. The zero-order valence-electron chi connectivity index (χ0n) is 16.2. The highest BCUT2D eigenvalue weighted by atomic mass is 32.2. The van der Waals surface area contributed by atoms with Crippen molar-refractivity contribution in [3.8, 4) is 0 Å². The number of rotatable bonds is 8. The second-order valence-electron chi connectivity index (χ2n) is 6.70. The molecule has 0 saturated carbocycles. The van der Waals surface area contributed by atoms with E-state index in [1.54, 1.807) is 0 Å². The van der Waals surface area contributed by atoms with Crippen molar-refractivity contribution in [3.05, 3.63) is 68.3 Å². The number of ether oxygens (including phenoxy) is 1. The first kappa shape index (κ1) is 22.6. The zero-order chi connectivity index (χ0) is 22.6. The molecule has 0 radical (unpaired) electrons. The number of hydrogen-bond acceptors (Lipinski definition) is 9. The molecular weight excluding hydrogens is 432 g/mol. The molecule has 166 valence electrons. The van der Waals surface area contributed by atoms with E-state index in [1.165, 1.54) is 40.7 Å². The second-order valence-corrected chi connectivity index (χ2v) is 8.61. The fourth-order valence-corrected chi connectivity index (χ4v) is 4.65. The summed E-state index contributed by atoms with van der Waals surface area (Å²) in [6.45, 7) is 0.554. The first-order valence-corrected chi connectivity index (χ1v) is 10.7. The van der Waals surface area contributed by atoms with Crippen LogP contribution in [0.4, 0.5) is 17.1 Å². The van der Waals surface area contributed by atoms with Gasteiger partial charge < -0.3 is 15.2 Å². The molecule has 0 aliphatic carbocycles. The molecular formula is C18H20N4O8S. The van der Waals surface area contributed by atoms with Crippen LogP contribution in [0.5, 0.6) is 0 Å². The Morgan fingerprint density at radius 1 is 1.03 bits per heavy atom. The molecule has 0 amide bonds. The minimum Gasteiger partial charge on any atom is -0.387 e. The third kappa shape index (κ3) is 5.14. The number of non-ortho nitro benzene ring substituents is 2. The van der Waals surface area contributed by atoms with E-state index in [9.17, 15) is 33.8 Å². The Labute approximate surface area is 177 Å². The fraction of sp³-hybridized carbons (Fsp3) is 0.333. The smallest absolute Gasteiger partial charge is 0.270 e. The molecule has 1 atom stereocenters. The van der Waals surface area contributed by atoms with Crippen molar-refractivity contribution in [2.45, 2.75) is 11.0 Å². The standard InChI is InChI=1S/C18H20N4O8S/c23-17(13-1-3-14(4-2-13)21(24)25)12-19-16-6-5-15(22(26)27)11-18(16)31(28,29)20-7-9-30-10-8-20/h1-6,11,17,19,23H,7-10,12H2. The Balaban J connectivity index is 1.84. The molecule has 1 aliphatic heterocycles. The summed E-state index contributed by atoms with van der Waals surface area (Å²) >= 11 is 0. The van der Waals surface area contributed by atoms with Crippen molar-refractivity contribution in [1.82, 2.24) is 4.31 Å². The van der Waals surface area contributed by atoms with Gasteiger partial charge in [0.1, 0.15) is 4.90 Å². The average molecular weight is 452 g/mol. The fourth-order valence-electron chi connectivity index (χ4n) is 3.05. The van der Waals surface area contributed by atoms with E-state index < -0.39 is 26.0 Å². The maximum atomic E-state index is 13.1. The van der Waals surface area contributed by atoms with E-state index >= 15 is 0 Å². The van der Waals surface area contributed by atoms with E-state index in [4.69, 9.17) is 4.74 Å². The molecule has 1 unspecified atom stereocenters. The van der Waals surface area contributed by atoms with Crippen molar-refractivity contribution in [2.75, 3.05) is 38.2 Å². The monoisotopic (exact) mass is 452 g/mol. The van der Waals surface area contributed by atoms with Gasteiger partial charge in [0.15, 0.2) is 0 Å². The van der Waals surface area contributed by atoms with Crippen molar-refractivity contribution in [2.24, 2.45) is 0 Å². The highest BCUT2D eigenvalue weighted by Gasteiger charge is 2.30. The van der Waals surface area contributed by atoms with Crippen LogP contribution in [0, 0.1) is 20.2 Å². The molecule has 1 aliphatic rings. The minimum atomic E-state index is -4.05. The molecule has 0 spiro atoms. The lowest BCUT2D eigenvalue weighted by Crippen LogP contribution is -2.40. The summed E-state index contributed by atoms with van der Waals surface area (Å²) in [5.74, 6) is 0. The van der Waals surface area contributed by atoms with Gasteiger partial charge in [-0.05, 0) is 23.8 Å². The van der Waals surface area contributed by atoms with Crippen molar-refractivity contribution < 1.29 is 28.1 Å². The van der Waals surface area contributed by atoms with Gasteiger partial charge in [0.2, 0.25) is 10.0 Å². The summed E-state index contributed by atoms with van der Waals surface area (Å²) in [6, 6.07) is 8.70. The van der Waals surface area contributed by atoms with E-state index in [0.29, 0.717) is 5.56 Å². The minimum absolute atomic E-state index is 0.0954. The number of hydrogen-bond donors (Lipinski definition) is 2. The van der Waals surface area contributed by atoms with Crippen LogP contribution in [-0.4, -0.2) is 60.5 Å². The summed E-state index contributed by atoms with van der Waals surface area (Å²) in [5.41, 5.74) is -0.0258. The Morgan fingerprint density at radius 3 is 2.19 bits per heavy atom. The molecule has 0 aromatic heterocycles. The van der Waals surface area contributed by atoms with Crippen LogP contribution in [-0.2, 0) is 14.8 Å². The molecule has 31 heavy (non-hydrogen) atoms. The predicted molar refractivity (Wildman–Crippen MR) is 109 cm³/mol. The van der Waals surface area contributed by atoms with Gasteiger partial charge in [0.25, 0.3) is 11.4 Å². The third-order valence-electron chi connectivity index (χ3n) is 4.74. The summed E-state index contributed by atoms with van der Waals surface area (Å²) in [4.78, 5) is 20.4. The van der Waals surface area contributed by atoms with Crippen LogP contribution in [0.15, 0.2) is 47.4 Å². The van der Waals surface area contributed by atoms with Gasteiger partial charge in [-0.3, -0.25) is 20.2 Å². The van der Waals surface area contributed by atoms with Crippen molar-refractivity contribution in [3.63, 3.8) is 0 Å². The average Bonchev–Trinajstić information content (AvgIpc) is 2.77. The highest BCUT2D eigenvalue weighted by molar-refractivity contribution is 7.89. The Morgan fingerprint density at radius 2 is 1.61 bits per heavy atom. The molecule has 1 heterocycles. The molecule has 2 N–H and O–H groups in total. The number of nitrogens with one attached hydrogen (secondary N) is 1. The first-order valence-electron chi connectivity index (χ1n) is 9.23. The number of anilines is 1. The van der Waals surface area contributed by atoms with Gasteiger partial charge in [0, 0.05) is 43.9 Å². The van der Waals surface area contributed by atoms with Gasteiger partial charge >= 0.3 is 0 Å². The molecule has 2 aromatic rings.